The topological polar surface area (TPSA) is 78.3 Å². The van der Waals surface area contributed by atoms with E-state index in [1.165, 1.54) is 0 Å². The third kappa shape index (κ3) is 3.29. The Morgan fingerprint density at radius 3 is 2.68 bits per heavy atom. The van der Waals surface area contributed by atoms with Gasteiger partial charge in [-0.05, 0) is 11.8 Å². The van der Waals surface area contributed by atoms with Gasteiger partial charge in [0.1, 0.15) is 11.6 Å². The van der Waals surface area contributed by atoms with Gasteiger partial charge in [-0.25, -0.2) is 0 Å². The van der Waals surface area contributed by atoms with E-state index in [0.717, 1.165) is 22.2 Å². The monoisotopic (exact) mass is 283 g/mol. The van der Waals surface area contributed by atoms with E-state index in [9.17, 15) is 0 Å². The summed E-state index contributed by atoms with van der Waals surface area (Å²) in [6.07, 6.45) is 1.01. The van der Waals surface area contributed by atoms with Crippen molar-refractivity contribution in [1.29, 1.82) is 0 Å². The first-order chi connectivity index (χ1) is 8.94. The van der Waals surface area contributed by atoms with Crippen LogP contribution in [0, 0.1) is 5.41 Å². The van der Waals surface area contributed by atoms with Gasteiger partial charge < -0.3 is 10.5 Å². The molecule has 0 fully saturated rings. The van der Waals surface area contributed by atoms with Crippen LogP contribution in [0.15, 0.2) is 0 Å². The fraction of sp³-hybridized carbons (Fsp3) is 0.750. The van der Waals surface area contributed by atoms with E-state index in [2.05, 4.69) is 36.1 Å². The van der Waals surface area contributed by atoms with E-state index < -0.39 is 0 Å². The average molecular weight is 283 g/mol. The highest BCUT2D eigenvalue weighted by atomic mass is 32.1. The minimum atomic E-state index is 0.228. The van der Waals surface area contributed by atoms with Gasteiger partial charge in [0, 0.05) is 19.6 Å². The molecule has 7 heteroatoms. The molecule has 0 saturated heterocycles. The van der Waals surface area contributed by atoms with Crippen molar-refractivity contribution < 1.29 is 4.74 Å². The number of nitrogens with two attached hydrogens (primary N) is 1. The van der Waals surface area contributed by atoms with Gasteiger partial charge in [0.15, 0.2) is 5.82 Å². The maximum Gasteiger partial charge on any atom is 0.234 e. The maximum atomic E-state index is 5.90. The van der Waals surface area contributed by atoms with E-state index in [1.807, 2.05) is 0 Å². The molecule has 0 aliphatic heterocycles. The molecular weight excluding hydrogens is 262 g/mol. The largest absolute Gasteiger partial charge is 0.377 e. The normalized spacial score (nSPS) is 14.2. The Bertz CT molecular complexity index is 542. The zero-order valence-corrected chi connectivity index (χ0v) is 12.7. The van der Waals surface area contributed by atoms with Crippen LogP contribution in [0.4, 0.5) is 0 Å². The molecule has 0 spiro atoms. The Kier molecular flexibility index (Phi) is 4.17. The Labute approximate surface area is 117 Å². The number of hydrogen-bond acceptors (Lipinski definition) is 6. The quantitative estimate of drug-likeness (QED) is 0.905. The number of methoxy groups -OCH3 is 1. The fourth-order valence-corrected chi connectivity index (χ4v) is 3.04. The number of nitrogens with zero attached hydrogens (tertiary/aromatic N) is 4. The van der Waals surface area contributed by atoms with Crippen molar-refractivity contribution >= 4 is 16.3 Å². The molecule has 0 aromatic carbocycles. The average Bonchev–Trinajstić information content (AvgIpc) is 2.87. The first-order valence-corrected chi connectivity index (χ1v) is 7.16. The van der Waals surface area contributed by atoms with Gasteiger partial charge in [-0.3, -0.25) is 0 Å². The summed E-state index contributed by atoms with van der Waals surface area (Å²) in [5.41, 5.74) is 6.12. The van der Waals surface area contributed by atoms with Gasteiger partial charge in [-0.15, -0.1) is 10.2 Å². The molecule has 2 heterocycles. The highest BCUT2D eigenvalue weighted by molar-refractivity contribution is 7.16. The second kappa shape index (κ2) is 5.52. The molecule has 0 radical (unpaired) electrons. The molecule has 6 nitrogen and oxygen atoms in total. The van der Waals surface area contributed by atoms with Crippen LogP contribution in [-0.2, 0) is 11.3 Å². The second-order valence-electron chi connectivity index (χ2n) is 5.88. The molecule has 0 aliphatic carbocycles. The van der Waals surface area contributed by atoms with Crippen LogP contribution in [-0.4, -0.2) is 33.5 Å². The summed E-state index contributed by atoms with van der Waals surface area (Å²) >= 11 is 1.56. The van der Waals surface area contributed by atoms with Gasteiger partial charge >= 0.3 is 0 Å². The van der Waals surface area contributed by atoms with Crippen LogP contribution in [0.5, 0.6) is 0 Å². The molecule has 1 unspecified atom stereocenters. The summed E-state index contributed by atoms with van der Waals surface area (Å²) in [5.74, 6) is 0.994. The lowest BCUT2D eigenvalue weighted by Gasteiger charge is -2.23. The van der Waals surface area contributed by atoms with Crippen molar-refractivity contribution in [3.05, 3.63) is 10.8 Å². The third-order valence-corrected chi connectivity index (χ3v) is 3.90. The first-order valence-electron chi connectivity index (χ1n) is 6.34. The van der Waals surface area contributed by atoms with Gasteiger partial charge in [0.25, 0.3) is 0 Å². The Morgan fingerprint density at radius 2 is 2.11 bits per heavy atom. The summed E-state index contributed by atoms with van der Waals surface area (Å²) in [5, 5.41) is 13.8. The lowest BCUT2D eigenvalue weighted by Crippen LogP contribution is -2.19. The van der Waals surface area contributed by atoms with E-state index in [-0.39, 0.29) is 11.3 Å². The smallest absolute Gasteiger partial charge is 0.234 e. The second-order valence-corrected chi connectivity index (χ2v) is 6.87. The first kappa shape index (κ1) is 14.4. The molecule has 2 rings (SSSR count). The zero-order chi connectivity index (χ0) is 14.0. The Morgan fingerprint density at radius 1 is 1.37 bits per heavy atom. The van der Waals surface area contributed by atoms with Gasteiger partial charge in [-0.1, -0.05) is 32.1 Å². The molecule has 1 atom stereocenters. The van der Waals surface area contributed by atoms with E-state index in [1.54, 1.807) is 23.0 Å². The Hall–Kier alpha value is -1.05. The lowest BCUT2D eigenvalue weighted by molar-refractivity contribution is 0.176. The van der Waals surface area contributed by atoms with Gasteiger partial charge in [0.05, 0.1) is 0 Å². The van der Waals surface area contributed by atoms with Crippen molar-refractivity contribution in [2.24, 2.45) is 11.1 Å². The maximum absolute atomic E-state index is 5.90. The molecule has 2 aromatic heterocycles. The highest BCUT2D eigenvalue weighted by Gasteiger charge is 2.23. The standard InChI is InChI=1S/C12H21N5OS/c1-12(2,3)5-8(6-13)10-16-17-9(7-18-4)14-15-11(17)19-10/h8H,5-7,13H2,1-4H3. The van der Waals surface area contributed by atoms with Crippen LogP contribution in [0.3, 0.4) is 0 Å². The fourth-order valence-electron chi connectivity index (χ4n) is 2.07. The van der Waals surface area contributed by atoms with Crippen molar-refractivity contribution in [3.63, 3.8) is 0 Å². The predicted octanol–water partition coefficient (Wildman–Crippen LogP) is 1.81. The van der Waals surface area contributed by atoms with Crippen molar-refractivity contribution in [2.45, 2.75) is 39.7 Å². The van der Waals surface area contributed by atoms with Crippen LogP contribution in [0.1, 0.15) is 43.9 Å². The van der Waals surface area contributed by atoms with Gasteiger partial charge in [-0.2, -0.15) is 9.61 Å². The molecule has 0 bridgehead atoms. The molecule has 0 aliphatic rings. The van der Waals surface area contributed by atoms with Gasteiger partial charge in [0.2, 0.25) is 4.96 Å². The van der Waals surface area contributed by atoms with Crippen molar-refractivity contribution in [2.75, 3.05) is 13.7 Å². The summed E-state index contributed by atoms with van der Waals surface area (Å²) in [6, 6.07) is 0. The SMILES string of the molecule is COCc1nnc2sc(C(CN)CC(C)(C)C)nn12. The number of ether oxygens (including phenoxy) is 1. The number of rotatable bonds is 5. The molecule has 106 valence electrons. The summed E-state index contributed by atoms with van der Waals surface area (Å²) < 4.78 is 6.85. The molecule has 0 amide bonds. The van der Waals surface area contributed by atoms with Crippen LogP contribution in [0.25, 0.3) is 4.96 Å². The summed E-state index contributed by atoms with van der Waals surface area (Å²) in [4.78, 5) is 0.800. The van der Waals surface area contributed by atoms with E-state index in [0.29, 0.717) is 13.2 Å². The predicted molar refractivity (Wildman–Crippen MR) is 75.2 cm³/mol. The summed E-state index contributed by atoms with van der Waals surface area (Å²) in [6.45, 7) is 7.66. The highest BCUT2D eigenvalue weighted by Crippen LogP contribution is 2.32. The number of fused-ring (bicyclic) bond motifs is 1. The Balaban J connectivity index is 2.28. The number of hydrogen-bond donors (Lipinski definition) is 1. The molecule has 19 heavy (non-hydrogen) atoms. The number of aromatic nitrogens is 4. The van der Waals surface area contributed by atoms with E-state index in [4.69, 9.17) is 10.5 Å². The zero-order valence-electron chi connectivity index (χ0n) is 11.9. The minimum absolute atomic E-state index is 0.228. The summed E-state index contributed by atoms with van der Waals surface area (Å²) in [7, 11) is 1.64. The van der Waals surface area contributed by atoms with Crippen molar-refractivity contribution in [3.8, 4) is 0 Å². The van der Waals surface area contributed by atoms with E-state index >= 15 is 0 Å². The third-order valence-electron chi connectivity index (χ3n) is 2.84. The van der Waals surface area contributed by atoms with Crippen LogP contribution < -0.4 is 5.73 Å². The van der Waals surface area contributed by atoms with Crippen LogP contribution >= 0.6 is 11.3 Å². The minimum Gasteiger partial charge on any atom is -0.377 e. The lowest BCUT2D eigenvalue weighted by atomic mass is 9.85. The molecule has 0 saturated carbocycles. The molecule has 2 aromatic rings. The van der Waals surface area contributed by atoms with Crippen molar-refractivity contribution in [1.82, 2.24) is 19.8 Å². The molecule has 2 N–H and O–H groups in total. The molecular formula is C12H21N5OS. The van der Waals surface area contributed by atoms with Crippen LogP contribution in [0.2, 0.25) is 0 Å².